The van der Waals surface area contributed by atoms with Gasteiger partial charge in [-0.25, -0.2) is 9.59 Å². The van der Waals surface area contributed by atoms with Crippen LogP contribution in [0.3, 0.4) is 0 Å². The minimum absolute atomic E-state index is 1.82. The number of carboxylic acids is 2. The van der Waals surface area contributed by atoms with Crippen LogP contribution in [-0.4, -0.2) is 22.2 Å². The first-order valence-corrected chi connectivity index (χ1v) is 15.7. The molecule has 4 nitrogen and oxygen atoms in total. The summed E-state index contributed by atoms with van der Waals surface area (Å²) in [6.07, 6.45) is 0. The van der Waals surface area contributed by atoms with E-state index in [1.807, 2.05) is 0 Å². The molecule has 0 aromatic rings. The van der Waals surface area contributed by atoms with Crippen molar-refractivity contribution in [1.82, 2.24) is 0 Å². The van der Waals surface area contributed by atoms with Crippen LogP contribution in [0.2, 0.25) is 0 Å². The van der Waals surface area contributed by atoms with E-state index in [2.05, 4.69) is 0 Å². The Morgan fingerprint density at radius 3 is 1.10 bits per heavy atom. The molecule has 0 radical (unpaired) electrons. The predicted molar refractivity (Wildman–Crippen MR) is 32.8 cm³/mol. The fraction of sp³-hybridized carbons (Fsp3) is 0. The molecule has 0 saturated carbocycles. The van der Waals surface area contributed by atoms with E-state index in [4.69, 9.17) is 36.9 Å². The van der Waals surface area contributed by atoms with Gasteiger partial charge in [-0.15, -0.1) is 0 Å². The molecule has 0 aromatic heterocycles. The quantitative estimate of drug-likeness (QED) is 0.652. The predicted octanol–water partition coefficient (Wildman–Crippen LogP) is 1.22. The molecule has 0 heterocycles. The van der Waals surface area contributed by atoms with Crippen molar-refractivity contribution >= 4 is 29.1 Å². The third kappa shape index (κ3) is 22.9. The average Bonchev–Trinajstić information content (AvgIpc) is 1.63. The molecule has 0 saturated heterocycles. The maximum atomic E-state index is 9.10. The molecule has 0 aliphatic heterocycles. The molecule has 0 aromatic carbocycles. The molecule has 0 unspecified atom stereocenters. The number of carbonyl (C=O) groups is 2. The number of halogens is 3. The van der Waals surface area contributed by atoms with Crippen LogP contribution in [0.4, 0.5) is 0 Å². The molecule has 58 valence electrons. The summed E-state index contributed by atoms with van der Waals surface area (Å²) in [4.78, 5) is 18.2. The van der Waals surface area contributed by atoms with Gasteiger partial charge in [-0.2, -0.15) is 0 Å². The van der Waals surface area contributed by atoms with Crippen LogP contribution in [0, 0.1) is 30.3 Å². The van der Waals surface area contributed by atoms with E-state index >= 15 is 0 Å². The summed E-state index contributed by atoms with van der Waals surface area (Å²) in [6, 6.07) is 0. The monoisotopic (exact) mass is 336 g/mol. The van der Waals surface area contributed by atoms with E-state index in [1.165, 1.54) is 0 Å². The summed E-state index contributed by atoms with van der Waals surface area (Å²) in [7, 11) is 0. The van der Waals surface area contributed by atoms with Crippen molar-refractivity contribution in [2.24, 2.45) is 0 Å². The van der Waals surface area contributed by atoms with Crippen LogP contribution in [0.5, 0.6) is 0 Å². The second kappa shape index (κ2) is 8.27. The van der Waals surface area contributed by atoms with Gasteiger partial charge in [-0.3, -0.25) is 0 Å². The van der Waals surface area contributed by atoms with Crippen molar-refractivity contribution < 1.29 is 50.1 Å². The topological polar surface area (TPSA) is 74.6 Å². The van der Waals surface area contributed by atoms with Crippen molar-refractivity contribution in [3.05, 3.63) is 0 Å². The molecule has 0 aliphatic carbocycles. The molecule has 2 N–H and O–H groups in total. The van der Waals surface area contributed by atoms with Crippen LogP contribution < -0.4 is 0 Å². The first-order chi connectivity index (χ1) is 4.37. The molecule has 0 bridgehead atoms. The Hall–Kier alpha value is 1.17. The standard InChI is InChI=1S/C2H2O4.3ClH.Pr/c3-1(4)2(5)6;;;;/h(H,3,4)(H,5,6);3*1H;/q;;;;+3/p-3. The second-order valence-electron chi connectivity index (χ2n) is 0.858. The summed E-state index contributed by atoms with van der Waals surface area (Å²) in [5.74, 6) is -3.65. The Morgan fingerprint density at radius 1 is 1.00 bits per heavy atom. The van der Waals surface area contributed by atoms with E-state index < -0.39 is 42.2 Å². The van der Waals surface area contributed by atoms with E-state index in [9.17, 15) is 0 Å². The van der Waals surface area contributed by atoms with Crippen molar-refractivity contribution in [2.45, 2.75) is 0 Å². The number of hydrogen-bond donors (Lipinski definition) is 2. The zero-order valence-electron chi connectivity index (χ0n) is 4.42. The Kier molecular flexibility index (Phi) is 11.4. The van der Waals surface area contributed by atoms with Gasteiger partial charge in [-0.05, 0) is 0 Å². The molecule has 0 rings (SSSR count). The van der Waals surface area contributed by atoms with Gasteiger partial charge in [0.05, 0.1) is 0 Å². The Labute approximate surface area is 77.9 Å². The van der Waals surface area contributed by atoms with Crippen molar-refractivity contribution in [3.8, 4) is 0 Å². The third-order valence-electron chi connectivity index (χ3n) is 0.183. The molecule has 10 heavy (non-hydrogen) atoms. The van der Waals surface area contributed by atoms with Crippen LogP contribution >= 0.6 is 17.1 Å². The Morgan fingerprint density at radius 2 is 1.10 bits per heavy atom. The van der Waals surface area contributed by atoms with Crippen LogP contribution in [0.15, 0.2) is 0 Å². The van der Waals surface area contributed by atoms with E-state index in [1.54, 1.807) is 0 Å². The zero-order chi connectivity index (χ0) is 8.73. The number of rotatable bonds is 0. The average molecular weight is 337 g/mol. The van der Waals surface area contributed by atoms with Gasteiger partial charge in [0.15, 0.2) is 0 Å². The van der Waals surface area contributed by atoms with Crippen molar-refractivity contribution in [1.29, 1.82) is 0 Å². The third-order valence-corrected chi connectivity index (χ3v) is 0.183. The summed E-state index contributed by atoms with van der Waals surface area (Å²) in [5, 5.41) is 14.8. The summed E-state index contributed by atoms with van der Waals surface area (Å²) in [6.45, 7) is 0. The molecular weight excluding hydrogens is 335 g/mol. The fourth-order valence-corrected chi connectivity index (χ4v) is 0. The summed E-state index contributed by atoms with van der Waals surface area (Å²) < 4.78 is 0. The zero-order valence-corrected chi connectivity index (χ0v) is 10.4. The molecule has 0 atom stereocenters. The van der Waals surface area contributed by atoms with Gasteiger partial charge in [0.25, 0.3) is 0 Å². The number of aliphatic carboxylic acids is 2. The Bertz CT molecular complexity index is 111. The van der Waals surface area contributed by atoms with E-state index in [0.717, 1.165) is 0 Å². The minimum atomic E-state index is -2.31. The molecular formula is C2H2Cl3O4Pr. The molecule has 0 amide bonds. The van der Waals surface area contributed by atoms with Gasteiger partial charge >= 0.3 is 59.4 Å². The first kappa shape index (κ1) is 13.7. The normalized spacial score (nSPS) is 7.10. The molecule has 0 spiro atoms. The summed E-state index contributed by atoms with van der Waals surface area (Å²) in [5.41, 5.74) is 15.1. The first-order valence-electron chi connectivity index (χ1n) is 1.76. The molecule has 0 aliphatic rings. The molecule has 0 fully saturated rings. The van der Waals surface area contributed by atoms with Gasteiger partial charge in [-0.1, -0.05) is 0 Å². The van der Waals surface area contributed by atoms with Gasteiger partial charge in [0.1, 0.15) is 0 Å². The fourth-order valence-electron chi connectivity index (χ4n) is 0. The Balaban J connectivity index is 0. The van der Waals surface area contributed by atoms with Gasteiger partial charge in [0.2, 0.25) is 0 Å². The summed E-state index contributed by atoms with van der Waals surface area (Å²) >= 11 is -2.31. The number of hydrogen-bond acceptors (Lipinski definition) is 2. The molecule has 8 heteroatoms. The van der Waals surface area contributed by atoms with Crippen molar-refractivity contribution in [3.63, 3.8) is 0 Å². The maximum absolute atomic E-state index is 9.10. The SMILES string of the molecule is O=C(O)C(=O)O.[Cl][Pr]([Cl])[Cl]. The van der Waals surface area contributed by atoms with E-state index in [-0.39, 0.29) is 0 Å². The van der Waals surface area contributed by atoms with Crippen LogP contribution in [-0.2, 0) is 9.59 Å². The van der Waals surface area contributed by atoms with Crippen LogP contribution in [0.25, 0.3) is 0 Å². The number of carboxylic acid groups (broad SMARTS) is 2. The van der Waals surface area contributed by atoms with Gasteiger partial charge < -0.3 is 10.2 Å². The van der Waals surface area contributed by atoms with Gasteiger partial charge in [0, 0.05) is 0 Å². The second-order valence-corrected chi connectivity index (χ2v) is 17.1. The van der Waals surface area contributed by atoms with Crippen LogP contribution in [0.1, 0.15) is 0 Å². The van der Waals surface area contributed by atoms with Crippen molar-refractivity contribution in [2.75, 3.05) is 0 Å². The van der Waals surface area contributed by atoms with E-state index in [0.29, 0.717) is 0 Å².